The molecule has 0 radical (unpaired) electrons. The van der Waals surface area contributed by atoms with Crippen molar-refractivity contribution in [1.29, 1.82) is 0 Å². The van der Waals surface area contributed by atoms with Gasteiger partial charge in [-0.15, -0.1) is 0 Å². The zero-order valence-electron chi connectivity index (χ0n) is 16.3. The zero-order valence-corrected chi connectivity index (χ0v) is 16.3. The van der Waals surface area contributed by atoms with E-state index >= 15 is 0 Å². The third-order valence-electron chi connectivity index (χ3n) is 6.75. The Morgan fingerprint density at radius 3 is 2.29 bits per heavy atom. The highest BCUT2D eigenvalue weighted by molar-refractivity contribution is 6.06. The Hall–Kier alpha value is -2.50. The Morgan fingerprint density at radius 2 is 1.68 bits per heavy atom. The maximum atomic E-state index is 12.6. The fraction of sp³-hybridized carbons (Fsp3) is 0.545. The second-order valence-corrected chi connectivity index (χ2v) is 8.35. The van der Waals surface area contributed by atoms with E-state index < -0.39 is 5.97 Å². The Kier molecular flexibility index (Phi) is 4.81. The molecule has 4 atom stereocenters. The SMILES string of the molecule is Cc1ccc(C(=O)COC(=O)CCN2C(=O)[C@@H]3[C@@H]4CC[C@@H](C4)[C@@H]3C2=O)cc1C. The highest BCUT2D eigenvalue weighted by atomic mass is 16.5. The van der Waals surface area contributed by atoms with Gasteiger partial charge in [-0.25, -0.2) is 0 Å². The molecule has 0 aromatic heterocycles. The number of rotatable bonds is 6. The predicted octanol–water partition coefficient (Wildman–Crippen LogP) is 2.45. The molecule has 4 rings (SSSR count). The van der Waals surface area contributed by atoms with Crippen LogP contribution in [-0.4, -0.2) is 41.6 Å². The van der Waals surface area contributed by atoms with Gasteiger partial charge in [-0.05, 0) is 62.1 Å². The number of carbonyl (C=O) groups excluding carboxylic acids is 4. The van der Waals surface area contributed by atoms with Gasteiger partial charge in [0.1, 0.15) is 0 Å². The number of carbonyl (C=O) groups is 4. The number of imide groups is 1. The molecule has 1 aliphatic heterocycles. The molecule has 2 amide bonds. The molecular weight excluding hydrogens is 358 g/mol. The van der Waals surface area contributed by atoms with Gasteiger partial charge in [-0.2, -0.15) is 0 Å². The largest absolute Gasteiger partial charge is 0.457 e. The molecule has 0 spiro atoms. The van der Waals surface area contributed by atoms with E-state index in [9.17, 15) is 19.2 Å². The van der Waals surface area contributed by atoms with E-state index in [1.807, 2.05) is 19.9 Å². The van der Waals surface area contributed by atoms with Crippen LogP contribution in [-0.2, 0) is 19.1 Å². The van der Waals surface area contributed by atoms with Gasteiger partial charge in [0.15, 0.2) is 12.4 Å². The molecule has 1 heterocycles. The average Bonchev–Trinajstić information content (AvgIpc) is 3.35. The third kappa shape index (κ3) is 3.15. The van der Waals surface area contributed by atoms with Crippen LogP contribution in [0.25, 0.3) is 0 Å². The van der Waals surface area contributed by atoms with Gasteiger partial charge >= 0.3 is 5.97 Å². The van der Waals surface area contributed by atoms with Gasteiger partial charge in [0.05, 0.1) is 18.3 Å². The van der Waals surface area contributed by atoms with Crippen LogP contribution < -0.4 is 0 Å². The molecule has 148 valence electrons. The predicted molar refractivity (Wildman–Crippen MR) is 100 cm³/mol. The van der Waals surface area contributed by atoms with Gasteiger partial charge in [0.25, 0.3) is 0 Å². The summed E-state index contributed by atoms with van der Waals surface area (Å²) in [6.07, 6.45) is 2.97. The summed E-state index contributed by atoms with van der Waals surface area (Å²) < 4.78 is 5.07. The van der Waals surface area contributed by atoms with E-state index in [0.717, 1.165) is 30.4 Å². The maximum absolute atomic E-state index is 12.6. The summed E-state index contributed by atoms with van der Waals surface area (Å²) in [5.41, 5.74) is 2.60. The van der Waals surface area contributed by atoms with Crippen LogP contribution in [0.5, 0.6) is 0 Å². The molecule has 3 fully saturated rings. The summed E-state index contributed by atoms with van der Waals surface area (Å²) in [7, 11) is 0. The first-order valence-corrected chi connectivity index (χ1v) is 9.98. The number of Topliss-reactive ketones (excluding diaryl/α,β-unsaturated/α-hetero) is 1. The average molecular weight is 383 g/mol. The molecule has 28 heavy (non-hydrogen) atoms. The van der Waals surface area contributed by atoms with Crippen LogP contribution >= 0.6 is 0 Å². The second-order valence-electron chi connectivity index (χ2n) is 8.35. The van der Waals surface area contributed by atoms with Crippen molar-refractivity contribution < 1.29 is 23.9 Å². The summed E-state index contributed by atoms with van der Waals surface area (Å²) in [6.45, 7) is 3.59. The first kappa shape index (κ1) is 18.8. The number of ether oxygens (including phenoxy) is 1. The van der Waals surface area contributed by atoms with Gasteiger partial charge in [-0.1, -0.05) is 12.1 Å². The molecule has 2 bridgehead atoms. The van der Waals surface area contributed by atoms with Gasteiger partial charge in [-0.3, -0.25) is 24.1 Å². The lowest BCUT2D eigenvalue weighted by Gasteiger charge is -2.19. The summed E-state index contributed by atoms with van der Waals surface area (Å²) in [5, 5.41) is 0. The Balaban J connectivity index is 1.28. The molecule has 6 nitrogen and oxygen atoms in total. The van der Waals surface area contributed by atoms with Crippen LogP contribution in [0.3, 0.4) is 0 Å². The Bertz CT molecular complexity index is 832. The van der Waals surface area contributed by atoms with Crippen molar-refractivity contribution in [2.75, 3.05) is 13.2 Å². The fourth-order valence-corrected chi connectivity index (χ4v) is 5.11. The highest BCUT2D eigenvalue weighted by Gasteiger charge is 2.60. The van der Waals surface area contributed by atoms with E-state index in [-0.39, 0.29) is 49.0 Å². The van der Waals surface area contributed by atoms with E-state index in [4.69, 9.17) is 4.74 Å². The van der Waals surface area contributed by atoms with Crippen molar-refractivity contribution in [3.8, 4) is 0 Å². The van der Waals surface area contributed by atoms with Crippen molar-refractivity contribution in [2.24, 2.45) is 23.7 Å². The number of likely N-dealkylation sites (tertiary alicyclic amines) is 1. The van der Waals surface area contributed by atoms with Gasteiger partial charge in [0, 0.05) is 12.1 Å². The van der Waals surface area contributed by atoms with Crippen LogP contribution in [0.1, 0.15) is 47.2 Å². The smallest absolute Gasteiger partial charge is 0.308 e. The molecule has 1 aromatic carbocycles. The molecule has 3 aliphatic rings. The number of aryl methyl sites for hydroxylation is 2. The number of nitrogens with zero attached hydrogens (tertiary/aromatic N) is 1. The van der Waals surface area contributed by atoms with Gasteiger partial charge in [0.2, 0.25) is 11.8 Å². The van der Waals surface area contributed by atoms with E-state index in [1.54, 1.807) is 12.1 Å². The van der Waals surface area contributed by atoms with Crippen LogP contribution in [0.15, 0.2) is 18.2 Å². The summed E-state index contributed by atoms with van der Waals surface area (Å²) in [5.74, 6) is -0.767. The molecular formula is C22H25NO5. The van der Waals surface area contributed by atoms with E-state index in [0.29, 0.717) is 17.4 Å². The summed E-state index contributed by atoms with van der Waals surface area (Å²) in [6, 6.07) is 5.35. The van der Waals surface area contributed by atoms with Crippen molar-refractivity contribution in [2.45, 2.75) is 39.5 Å². The Labute approximate surface area is 164 Å². The lowest BCUT2D eigenvalue weighted by atomic mass is 9.81. The minimum absolute atomic E-state index is 0.0424. The van der Waals surface area contributed by atoms with Crippen molar-refractivity contribution in [3.05, 3.63) is 34.9 Å². The maximum Gasteiger partial charge on any atom is 0.308 e. The normalized spacial score (nSPS) is 28.0. The number of esters is 1. The molecule has 0 unspecified atom stereocenters. The number of amides is 2. The summed E-state index contributed by atoms with van der Waals surface area (Å²) in [4.78, 5) is 50.7. The molecule has 2 aliphatic carbocycles. The topological polar surface area (TPSA) is 80.8 Å². The molecule has 1 saturated heterocycles. The number of ketones is 1. The second kappa shape index (κ2) is 7.15. The third-order valence-corrected chi connectivity index (χ3v) is 6.75. The molecule has 0 N–H and O–H groups in total. The van der Waals surface area contributed by atoms with Gasteiger partial charge < -0.3 is 4.74 Å². The standard InChI is InChI=1S/C22H25NO5/c1-12-3-4-14(9-13(12)2)17(24)11-28-18(25)7-8-23-21(26)19-15-5-6-16(10-15)20(19)22(23)27/h3-4,9,15-16,19-20H,5-8,10-11H2,1-2H3/t15-,16+,19-,20+. The fourth-order valence-electron chi connectivity index (χ4n) is 5.11. The van der Waals surface area contributed by atoms with Crippen molar-refractivity contribution >= 4 is 23.6 Å². The van der Waals surface area contributed by atoms with Crippen LogP contribution in [0.2, 0.25) is 0 Å². The lowest BCUT2D eigenvalue weighted by Crippen LogP contribution is -2.35. The number of benzene rings is 1. The van der Waals surface area contributed by atoms with E-state index in [1.165, 1.54) is 4.90 Å². The molecule has 6 heteroatoms. The Morgan fingerprint density at radius 1 is 1.04 bits per heavy atom. The summed E-state index contributed by atoms with van der Waals surface area (Å²) >= 11 is 0. The van der Waals surface area contributed by atoms with Crippen LogP contribution in [0, 0.1) is 37.5 Å². The quantitative estimate of drug-likeness (QED) is 0.428. The lowest BCUT2D eigenvalue weighted by molar-refractivity contribution is -0.145. The van der Waals surface area contributed by atoms with Crippen LogP contribution in [0.4, 0.5) is 0 Å². The van der Waals surface area contributed by atoms with E-state index in [2.05, 4.69) is 0 Å². The zero-order chi connectivity index (χ0) is 20.0. The first-order chi connectivity index (χ1) is 13.4. The highest BCUT2D eigenvalue weighted by Crippen LogP contribution is 2.56. The number of hydrogen-bond acceptors (Lipinski definition) is 5. The number of fused-ring (bicyclic) bond motifs is 5. The minimum Gasteiger partial charge on any atom is -0.457 e. The van der Waals surface area contributed by atoms with Crippen molar-refractivity contribution in [3.63, 3.8) is 0 Å². The first-order valence-electron chi connectivity index (χ1n) is 9.98. The molecule has 2 saturated carbocycles. The van der Waals surface area contributed by atoms with Crippen molar-refractivity contribution in [1.82, 2.24) is 4.90 Å². The molecule has 1 aromatic rings. The monoisotopic (exact) mass is 383 g/mol. The minimum atomic E-state index is -0.571. The number of hydrogen-bond donors (Lipinski definition) is 0.